The zero-order valence-corrected chi connectivity index (χ0v) is 11.0. The third kappa shape index (κ3) is 3.57. The topological polar surface area (TPSA) is 12.0 Å². The standard InChI is InChI=1S/C16H25N/c1-2-3-13-17-16(15-11-7-8-12-15)14-9-5-4-6-10-14/h4-6,9-10,15-17H,2-3,7-8,11-13H2,1H3. The summed E-state index contributed by atoms with van der Waals surface area (Å²) >= 11 is 0. The number of nitrogens with one attached hydrogen (secondary N) is 1. The van der Waals surface area contributed by atoms with E-state index in [9.17, 15) is 0 Å². The van der Waals surface area contributed by atoms with Gasteiger partial charge in [-0.3, -0.25) is 0 Å². The SMILES string of the molecule is CCCCNC(c1ccccc1)C1CCCC1. The molecule has 0 heterocycles. The van der Waals surface area contributed by atoms with E-state index in [0.717, 1.165) is 12.5 Å². The molecule has 1 nitrogen and oxygen atoms in total. The molecule has 0 amide bonds. The van der Waals surface area contributed by atoms with Gasteiger partial charge in [0.05, 0.1) is 0 Å². The van der Waals surface area contributed by atoms with Crippen LogP contribution in [0, 0.1) is 5.92 Å². The van der Waals surface area contributed by atoms with Crippen LogP contribution in [0.2, 0.25) is 0 Å². The van der Waals surface area contributed by atoms with Gasteiger partial charge in [0.15, 0.2) is 0 Å². The van der Waals surface area contributed by atoms with Crippen LogP contribution in [0.25, 0.3) is 0 Å². The van der Waals surface area contributed by atoms with E-state index in [4.69, 9.17) is 0 Å². The van der Waals surface area contributed by atoms with E-state index in [2.05, 4.69) is 42.6 Å². The minimum Gasteiger partial charge on any atom is -0.310 e. The van der Waals surface area contributed by atoms with E-state index in [1.54, 1.807) is 0 Å². The summed E-state index contributed by atoms with van der Waals surface area (Å²) in [5.74, 6) is 0.856. The predicted molar refractivity (Wildman–Crippen MR) is 74.1 cm³/mol. The first-order chi connectivity index (χ1) is 8.42. The van der Waals surface area contributed by atoms with E-state index in [1.165, 1.54) is 44.1 Å². The second-order valence-electron chi connectivity index (χ2n) is 5.24. The highest BCUT2D eigenvalue weighted by atomic mass is 14.9. The molecule has 1 atom stereocenters. The van der Waals surface area contributed by atoms with Crippen molar-refractivity contribution in [2.24, 2.45) is 5.92 Å². The monoisotopic (exact) mass is 231 g/mol. The average Bonchev–Trinajstić information content (AvgIpc) is 2.89. The van der Waals surface area contributed by atoms with Crippen molar-refractivity contribution in [2.45, 2.75) is 51.5 Å². The molecule has 1 heteroatoms. The molecular weight excluding hydrogens is 206 g/mol. The molecule has 0 bridgehead atoms. The maximum atomic E-state index is 3.78. The lowest BCUT2D eigenvalue weighted by Crippen LogP contribution is -2.28. The Morgan fingerprint density at radius 2 is 1.88 bits per heavy atom. The van der Waals surface area contributed by atoms with Crippen LogP contribution in [0.1, 0.15) is 57.1 Å². The van der Waals surface area contributed by atoms with Crippen LogP contribution in [0.4, 0.5) is 0 Å². The van der Waals surface area contributed by atoms with Crippen molar-refractivity contribution in [1.82, 2.24) is 5.32 Å². The van der Waals surface area contributed by atoms with Crippen LogP contribution < -0.4 is 5.32 Å². The Morgan fingerprint density at radius 3 is 2.53 bits per heavy atom. The van der Waals surface area contributed by atoms with Gasteiger partial charge in [0.2, 0.25) is 0 Å². The molecule has 1 aromatic rings. The van der Waals surface area contributed by atoms with Gasteiger partial charge in [-0.25, -0.2) is 0 Å². The fourth-order valence-electron chi connectivity index (χ4n) is 2.94. The summed E-state index contributed by atoms with van der Waals surface area (Å²) in [4.78, 5) is 0. The molecule has 1 saturated carbocycles. The Balaban J connectivity index is 2.01. The number of hydrogen-bond donors (Lipinski definition) is 1. The van der Waals surface area contributed by atoms with Crippen molar-refractivity contribution in [3.63, 3.8) is 0 Å². The minimum atomic E-state index is 0.588. The van der Waals surface area contributed by atoms with E-state index in [0.29, 0.717) is 6.04 Å². The summed E-state index contributed by atoms with van der Waals surface area (Å²) in [6, 6.07) is 11.6. The van der Waals surface area contributed by atoms with E-state index >= 15 is 0 Å². The molecule has 0 aliphatic heterocycles. The molecule has 1 aromatic carbocycles. The van der Waals surface area contributed by atoms with Crippen molar-refractivity contribution in [2.75, 3.05) is 6.54 Å². The van der Waals surface area contributed by atoms with Gasteiger partial charge in [0, 0.05) is 6.04 Å². The zero-order chi connectivity index (χ0) is 11.9. The number of unbranched alkanes of at least 4 members (excludes halogenated alkanes) is 1. The normalized spacial score (nSPS) is 18.4. The van der Waals surface area contributed by atoms with Gasteiger partial charge in [-0.1, -0.05) is 56.5 Å². The largest absolute Gasteiger partial charge is 0.310 e. The lowest BCUT2D eigenvalue weighted by molar-refractivity contribution is 0.365. The Bertz CT molecular complexity index is 301. The number of benzene rings is 1. The molecule has 0 aromatic heterocycles. The van der Waals surface area contributed by atoms with Crippen LogP contribution in [-0.2, 0) is 0 Å². The van der Waals surface area contributed by atoms with Crippen molar-refractivity contribution in [3.05, 3.63) is 35.9 Å². The smallest absolute Gasteiger partial charge is 0.0348 e. The summed E-state index contributed by atoms with van der Waals surface area (Å²) < 4.78 is 0. The van der Waals surface area contributed by atoms with Gasteiger partial charge in [-0.2, -0.15) is 0 Å². The molecule has 0 radical (unpaired) electrons. The van der Waals surface area contributed by atoms with Gasteiger partial charge in [0.25, 0.3) is 0 Å². The maximum Gasteiger partial charge on any atom is 0.0348 e. The summed E-state index contributed by atoms with van der Waals surface area (Å²) in [7, 11) is 0. The third-order valence-electron chi connectivity index (χ3n) is 3.92. The van der Waals surface area contributed by atoms with Gasteiger partial charge >= 0.3 is 0 Å². The molecular formula is C16H25N. The summed E-state index contributed by atoms with van der Waals surface area (Å²) in [5, 5.41) is 3.78. The number of hydrogen-bond acceptors (Lipinski definition) is 1. The zero-order valence-electron chi connectivity index (χ0n) is 11.0. The van der Waals surface area contributed by atoms with Crippen molar-refractivity contribution in [3.8, 4) is 0 Å². The van der Waals surface area contributed by atoms with Gasteiger partial charge in [-0.15, -0.1) is 0 Å². The molecule has 17 heavy (non-hydrogen) atoms. The minimum absolute atomic E-state index is 0.588. The molecule has 0 spiro atoms. The average molecular weight is 231 g/mol. The van der Waals surface area contributed by atoms with E-state index < -0.39 is 0 Å². The Hall–Kier alpha value is -0.820. The van der Waals surface area contributed by atoms with Crippen LogP contribution in [0.15, 0.2) is 30.3 Å². The molecule has 2 rings (SSSR count). The number of rotatable bonds is 6. The molecule has 1 fully saturated rings. The van der Waals surface area contributed by atoms with Gasteiger partial charge in [-0.05, 0) is 37.3 Å². The van der Waals surface area contributed by atoms with Crippen molar-refractivity contribution in [1.29, 1.82) is 0 Å². The summed E-state index contributed by atoms with van der Waals surface area (Å²) in [6.07, 6.45) is 8.21. The quantitative estimate of drug-likeness (QED) is 0.719. The first-order valence-electron chi connectivity index (χ1n) is 7.20. The van der Waals surface area contributed by atoms with Crippen molar-refractivity contribution < 1.29 is 0 Å². The van der Waals surface area contributed by atoms with Crippen LogP contribution in [-0.4, -0.2) is 6.54 Å². The Kier molecular flexibility index (Phi) is 5.06. The van der Waals surface area contributed by atoms with Crippen LogP contribution in [0.5, 0.6) is 0 Å². The molecule has 1 aliphatic carbocycles. The van der Waals surface area contributed by atoms with Gasteiger partial charge < -0.3 is 5.32 Å². The highest BCUT2D eigenvalue weighted by molar-refractivity contribution is 5.20. The molecule has 1 N–H and O–H groups in total. The second-order valence-corrected chi connectivity index (χ2v) is 5.24. The maximum absolute atomic E-state index is 3.78. The lowest BCUT2D eigenvalue weighted by Gasteiger charge is -2.25. The molecule has 0 saturated heterocycles. The molecule has 94 valence electrons. The highest BCUT2D eigenvalue weighted by Gasteiger charge is 2.25. The first kappa shape index (κ1) is 12.6. The highest BCUT2D eigenvalue weighted by Crippen LogP contribution is 2.35. The fourth-order valence-corrected chi connectivity index (χ4v) is 2.94. The van der Waals surface area contributed by atoms with Gasteiger partial charge in [0.1, 0.15) is 0 Å². The second kappa shape index (κ2) is 6.80. The van der Waals surface area contributed by atoms with Crippen LogP contribution >= 0.6 is 0 Å². The van der Waals surface area contributed by atoms with Crippen molar-refractivity contribution >= 4 is 0 Å². The molecule has 1 aliphatic rings. The third-order valence-corrected chi connectivity index (χ3v) is 3.92. The van der Waals surface area contributed by atoms with E-state index in [-0.39, 0.29) is 0 Å². The summed E-state index contributed by atoms with van der Waals surface area (Å²) in [6.45, 7) is 3.42. The first-order valence-corrected chi connectivity index (χ1v) is 7.20. The van der Waals surface area contributed by atoms with E-state index in [1.807, 2.05) is 0 Å². The summed E-state index contributed by atoms with van der Waals surface area (Å²) in [5.41, 5.74) is 1.48. The molecule has 1 unspecified atom stereocenters. The fraction of sp³-hybridized carbons (Fsp3) is 0.625. The van der Waals surface area contributed by atoms with Crippen LogP contribution in [0.3, 0.4) is 0 Å². The Labute approximate surface area is 106 Å². The lowest BCUT2D eigenvalue weighted by atomic mass is 9.91. The Morgan fingerprint density at radius 1 is 1.18 bits per heavy atom. The predicted octanol–water partition coefficient (Wildman–Crippen LogP) is 4.31.